The van der Waals surface area contributed by atoms with Gasteiger partial charge >= 0.3 is 0 Å². The molecule has 2 heterocycles. The molecular formula is C30H45N3O. The van der Waals surface area contributed by atoms with Gasteiger partial charge in [-0.15, -0.1) is 0 Å². The van der Waals surface area contributed by atoms with Crippen molar-refractivity contribution in [1.82, 2.24) is 15.5 Å². The van der Waals surface area contributed by atoms with Crippen LogP contribution in [0.2, 0.25) is 0 Å². The van der Waals surface area contributed by atoms with E-state index in [-0.39, 0.29) is 6.04 Å². The molecule has 1 aromatic rings. The van der Waals surface area contributed by atoms with Crippen LogP contribution in [-0.2, 0) is 6.42 Å². The van der Waals surface area contributed by atoms with Gasteiger partial charge in [0.15, 0.2) is 0 Å². The van der Waals surface area contributed by atoms with Gasteiger partial charge in [0, 0.05) is 18.6 Å². The Morgan fingerprint density at radius 1 is 1.00 bits per heavy atom. The Bertz CT molecular complexity index is 873. The number of methoxy groups -OCH3 is 1. The third kappa shape index (κ3) is 5.88. The molecule has 4 nitrogen and oxygen atoms in total. The summed E-state index contributed by atoms with van der Waals surface area (Å²) in [4.78, 5) is 2.65. The van der Waals surface area contributed by atoms with E-state index in [0.29, 0.717) is 0 Å². The van der Waals surface area contributed by atoms with Gasteiger partial charge in [-0.2, -0.15) is 0 Å². The Balaban J connectivity index is 1.21. The van der Waals surface area contributed by atoms with Crippen LogP contribution < -0.4 is 15.4 Å². The van der Waals surface area contributed by atoms with E-state index in [9.17, 15) is 0 Å². The van der Waals surface area contributed by atoms with Crippen molar-refractivity contribution in [3.63, 3.8) is 0 Å². The SMILES string of the molecule is CCCc1c(OC)cc(C2C=C(CN3CCC(NC4CCCCC4)CC3)C=CN2)cc1C1CC1. The van der Waals surface area contributed by atoms with Crippen LogP contribution in [0.4, 0.5) is 0 Å². The van der Waals surface area contributed by atoms with Crippen LogP contribution in [-0.4, -0.2) is 43.7 Å². The van der Waals surface area contributed by atoms with Crippen molar-refractivity contribution < 1.29 is 4.74 Å². The molecular weight excluding hydrogens is 418 g/mol. The number of hydrogen-bond acceptors (Lipinski definition) is 4. The van der Waals surface area contributed by atoms with Crippen LogP contribution in [0.1, 0.15) is 99.8 Å². The molecule has 0 amide bonds. The average molecular weight is 464 g/mol. The van der Waals surface area contributed by atoms with E-state index >= 15 is 0 Å². The molecule has 1 atom stereocenters. The highest BCUT2D eigenvalue weighted by molar-refractivity contribution is 5.49. The van der Waals surface area contributed by atoms with Gasteiger partial charge in [0.1, 0.15) is 5.75 Å². The molecule has 34 heavy (non-hydrogen) atoms. The molecule has 0 bridgehead atoms. The van der Waals surface area contributed by atoms with Gasteiger partial charge in [-0.05, 0) is 105 Å². The van der Waals surface area contributed by atoms with E-state index in [1.54, 1.807) is 0 Å². The molecule has 2 aliphatic heterocycles. The van der Waals surface area contributed by atoms with E-state index < -0.39 is 0 Å². The first-order valence-corrected chi connectivity index (χ1v) is 14.1. The van der Waals surface area contributed by atoms with Crippen molar-refractivity contribution in [2.45, 2.75) is 102 Å². The molecule has 0 spiro atoms. The van der Waals surface area contributed by atoms with E-state index in [0.717, 1.165) is 43.1 Å². The third-order valence-corrected chi connectivity index (χ3v) is 8.39. The fourth-order valence-electron chi connectivity index (χ4n) is 6.32. The van der Waals surface area contributed by atoms with Gasteiger partial charge in [-0.3, -0.25) is 4.90 Å². The molecule has 1 aromatic carbocycles. The minimum Gasteiger partial charge on any atom is -0.496 e. The minimum absolute atomic E-state index is 0.229. The number of nitrogens with one attached hydrogen (secondary N) is 2. The third-order valence-electron chi connectivity index (χ3n) is 8.39. The second kappa shape index (κ2) is 11.3. The molecule has 4 heteroatoms. The van der Waals surface area contributed by atoms with E-state index in [4.69, 9.17) is 4.74 Å². The Labute approximate surface area is 207 Å². The van der Waals surface area contributed by atoms with Crippen molar-refractivity contribution in [3.05, 3.63) is 52.7 Å². The fourth-order valence-corrected chi connectivity index (χ4v) is 6.32. The van der Waals surface area contributed by atoms with Crippen LogP contribution in [0.5, 0.6) is 5.75 Å². The van der Waals surface area contributed by atoms with Gasteiger partial charge < -0.3 is 15.4 Å². The van der Waals surface area contributed by atoms with Gasteiger partial charge in [-0.25, -0.2) is 0 Å². The van der Waals surface area contributed by atoms with Crippen molar-refractivity contribution in [2.24, 2.45) is 0 Å². The van der Waals surface area contributed by atoms with Crippen molar-refractivity contribution in [1.29, 1.82) is 0 Å². The van der Waals surface area contributed by atoms with Crippen LogP contribution in [0.15, 0.2) is 36.1 Å². The first-order valence-electron chi connectivity index (χ1n) is 14.1. The summed E-state index contributed by atoms with van der Waals surface area (Å²) >= 11 is 0. The summed E-state index contributed by atoms with van der Waals surface area (Å²) in [7, 11) is 1.83. The monoisotopic (exact) mass is 463 g/mol. The normalized spacial score (nSPS) is 24.6. The molecule has 2 aliphatic carbocycles. The fraction of sp³-hybridized carbons (Fsp3) is 0.667. The van der Waals surface area contributed by atoms with Gasteiger partial charge in [0.25, 0.3) is 0 Å². The van der Waals surface area contributed by atoms with E-state index in [1.807, 2.05) is 7.11 Å². The summed E-state index contributed by atoms with van der Waals surface area (Å²) in [6.07, 6.45) is 21.4. The molecule has 1 unspecified atom stereocenters. The lowest BCUT2D eigenvalue weighted by atomic mass is 9.92. The zero-order chi connectivity index (χ0) is 23.3. The molecule has 0 aromatic heterocycles. The first kappa shape index (κ1) is 23.9. The summed E-state index contributed by atoms with van der Waals surface area (Å²) in [6, 6.07) is 6.48. The van der Waals surface area contributed by atoms with E-state index in [2.05, 4.69) is 52.9 Å². The summed E-state index contributed by atoms with van der Waals surface area (Å²) in [6.45, 7) is 5.74. The van der Waals surface area contributed by atoms with Crippen LogP contribution in [0, 0.1) is 0 Å². The smallest absolute Gasteiger partial charge is 0.122 e. The molecule has 186 valence electrons. The van der Waals surface area contributed by atoms with Crippen molar-refractivity contribution >= 4 is 0 Å². The highest BCUT2D eigenvalue weighted by Crippen LogP contribution is 2.45. The summed E-state index contributed by atoms with van der Waals surface area (Å²) < 4.78 is 5.88. The molecule has 0 radical (unpaired) electrons. The Kier molecular flexibility index (Phi) is 7.96. The maximum atomic E-state index is 5.88. The average Bonchev–Trinajstić information content (AvgIpc) is 3.72. The topological polar surface area (TPSA) is 36.5 Å². The maximum absolute atomic E-state index is 5.88. The van der Waals surface area contributed by atoms with Crippen molar-refractivity contribution in [3.8, 4) is 5.75 Å². The highest BCUT2D eigenvalue weighted by atomic mass is 16.5. The van der Waals surface area contributed by atoms with Gasteiger partial charge in [-0.1, -0.05) is 44.7 Å². The number of benzene rings is 1. The Hall–Kier alpha value is -1.78. The Morgan fingerprint density at radius 2 is 1.76 bits per heavy atom. The second-order valence-electron chi connectivity index (χ2n) is 11.1. The lowest BCUT2D eigenvalue weighted by molar-refractivity contribution is 0.196. The zero-order valence-corrected chi connectivity index (χ0v) is 21.5. The lowest BCUT2D eigenvalue weighted by Crippen LogP contribution is -2.47. The number of dihydropyridines is 1. The number of hydrogen-bond donors (Lipinski definition) is 2. The summed E-state index contributed by atoms with van der Waals surface area (Å²) in [5, 5.41) is 7.58. The molecule has 5 rings (SSSR count). The number of piperidine rings is 1. The summed E-state index contributed by atoms with van der Waals surface area (Å²) in [5.41, 5.74) is 5.76. The predicted octanol–water partition coefficient (Wildman–Crippen LogP) is 6.00. The molecule has 2 saturated carbocycles. The highest BCUT2D eigenvalue weighted by Gasteiger charge is 2.29. The van der Waals surface area contributed by atoms with Crippen LogP contribution in [0.25, 0.3) is 0 Å². The quantitative estimate of drug-likeness (QED) is 0.471. The number of nitrogens with zero attached hydrogens (tertiary/aromatic N) is 1. The number of ether oxygens (including phenoxy) is 1. The molecule has 1 saturated heterocycles. The second-order valence-corrected chi connectivity index (χ2v) is 11.1. The van der Waals surface area contributed by atoms with E-state index in [1.165, 1.54) is 93.1 Å². The zero-order valence-electron chi connectivity index (χ0n) is 21.5. The van der Waals surface area contributed by atoms with Crippen LogP contribution >= 0.6 is 0 Å². The van der Waals surface area contributed by atoms with Gasteiger partial charge in [0.05, 0.1) is 13.2 Å². The molecule has 4 aliphatic rings. The van der Waals surface area contributed by atoms with Crippen molar-refractivity contribution in [2.75, 3.05) is 26.7 Å². The predicted molar refractivity (Wildman–Crippen MR) is 142 cm³/mol. The summed E-state index contributed by atoms with van der Waals surface area (Å²) in [5.74, 6) is 1.82. The number of rotatable bonds is 9. The van der Waals surface area contributed by atoms with Gasteiger partial charge in [0.2, 0.25) is 0 Å². The minimum atomic E-state index is 0.229. The first-order chi connectivity index (χ1) is 16.7. The maximum Gasteiger partial charge on any atom is 0.122 e. The lowest BCUT2D eigenvalue weighted by Gasteiger charge is -2.36. The largest absolute Gasteiger partial charge is 0.496 e. The molecule has 3 fully saturated rings. The standard InChI is InChI=1S/C30H45N3O/c1-3-7-27-28(23-10-11-23)19-24(20-30(27)34-2)29-18-22(12-15-31-29)21-33-16-13-26(14-17-33)32-25-8-5-4-6-9-25/h12,15,18-20,23,25-26,29,31-32H,3-11,13-14,16-17,21H2,1-2H3. The Morgan fingerprint density at radius 3 is 2.47 bits per heavy atom. The van der Waals surface area contributed by atoms with Crippen LogP contribution in [0.3, 0.4) is 0 Å². The number of likely N-dealkylation sites (tertiary alicyclic amines) is 1. The molecule has 2 N–H and O–H groups in total.